The number of halogens is 2. The topological polar surface area (TPSA) is 47.3 Å². The normalized spacial score (nSPS) is 14.5. The van der Waals surface area contributed by atoms with E-state index in [9.17, 15) is 4.39 Å². The Kier molecular flexibility index (Phi) is 6.04. The van der Waals surface area contributed by atoms with E-state index >= 15 is 0 Å². The molecule has 1 aromatic rings. The summed E-state index contributed by atoms with van der Waals surface area (Å²) >= 11 is 5.87. The van der Waals surface area contributed by atoms with Gasteiger partial charge in [0.1, 0.15) is 18.2 Å². The van der Waals surface area contributed by atoms with Gasteiger partial charge in [-0.1, -0.05) is 25.4 Å². The molecule has 0 bridgehead atoms. The van der Waals surface area contributed by atoms with Crippen LogP contribution in [0.2, 0.25) is 5.02 Å². The van der Waals surface area contributed by atoms with Crippen LogP contribution >= 0.6 is 11.6 Å². The Morgan fingerprint density at radius 3 is 2.68 bits per heavy atom. The fraction of sp³-hybridized carbons (Fsp3) is 0.571. The Labute approximate surface area is 119 Å². The van der Waals surface area contributed by atoms with E-state index in [4.69, 9.17) is 22.1 Å². The van der Waals surface area contributed by atoms with Gasteiger partial charge in [0, 0.05) is 18.6 Å². The lowest BCUT2D eigenvalue weighted by Gasteiger charge is -2.33. The summed E-state index contributed by atoms with van der Waals surface area (Å²) < 4.78 is 18.4. The van der Waals surface area contributed by atoms with E-state index in [2.05, 4.69) is 26.1 Å². The van der Waals surface area contributed by atoms with Crippen LogP contribution in [-0.4, -0.2) is 25.2 Å². The first-order valence-electron chi connectivity index (χ1n) is 6.42. The molecule has 0 spiro atoms. The predicted molar refractivity (Wildman–Crippen MR) is 77.2 cm³/mol. The smallest absolute Gasteiger partial charge is 0.138 e. The summed E-state index contributed by atoms with van der Waals surface area (Å²) in [5.41, 5.74) is 5.66. The molecule has 0 aliphatic carbocycles. The minimum Gasteiger partial charge on any atom is -0.491 e. The van der Waals surface area contributed by atoms with Crippen molar-refractivity contribution in [3.05, 3.63) is 29.0 Å². The van der Waals surface area contributed by atoms with Crippen LogP contribution in [-0.2, 0) is 0 Å². The minimum atomic E-state index is -0.369. The molecule has 0 saturated heterocycles. The maximum Gasteiger partial charge on any atom is 0.138 e. The zero-order valence-electron chi connectivity index (χ0n) is 11.7. The summed E-state index contributed by atoms with van der Waals surface area (Å²) in [5.74, 6) is 0.543. The average molecular weight is 289 g/mol. The van der Waals surface area contributed by atoms with E-state index in [0.717, 1.165) is 0 Å². The van der Waals surface area contributed by atoms with Crippen molar-refractivity contribution in [2.45, 2.75) is 26.3 Å². The first kappa shape index (κ1) is 16.2. The molecule has 1 atom stereocenters. The van der Waals surface area contributed by atoms with E-state index in [-0.39, 0.29) is 16.4 Å². The van der Waals surface area contributed by atoms with Gasteiger partial charge in [0.2, 0.25) is 0 Å². The van der Waals surface area contributed by atoms with Crippen LogP contribution in [0.4, 0.5) is 4.39 Å². The Bertz CT molecular complexity index is 414. The van der Waals surface area contributed by atoms with Crippen LogP contribution in [0.5, 0.6) is 5.75 Å². The highest BCUT2D eigenvalue weighted by Gasteiger charge is 2.25. The van der Waals surface area contributed by atoms with E-state index in [1.165, 1.54) is 18.2 Å². The minimum absolute atomic E-state index is 0.115. The Hall–Kier alpha value is -0.840. The highest BCUT2D eigenvalue weighted by Crippen LogP contribution is 2.24. The largest absolute Gasteiger partial charge is 0.491 e. The summed E-state index contributed by atoms with van der Waals surface area (Å²) in [6.45, 7) is 7.99. The summed E-state index contributed by atoms with van der Waals surface area (Å²) in [4.78, 5) is 0. The molecule has 0 aromatic heterocycles. The molecule has 108 valence electrons. The number of benzene rings is 1. The standard InChI is InChI=1S/C14H22ClFN2O/c1-10(2)14(3,9-17)18-6-7-19-13-5-4-11(16)8-12(13)15/h4-5,8,10,18H,6-7,9,17H2,1-3H3. The molecule has 1 rings (SSSR count). The molecule has 3 nitrogen and oxygen atoms in total. The zero-order valence-corrected chi connectivity index (χ0v) is 12.4. The second-order valence-electron chi connectivity index (χ2n) is 5.13. The average Bonchev–Trinajstić information content (AvgIpc) is 2.36. The van der Waals surface area contributed by atoms with Gasteiger partial charge in [-0.15, -0.1) is 0 Å². The molecule has 1 aromatic carbocycles. The lowest BCUT2D eigenvalue weighted by molar-refractivity contribution is 0.236. The molecule has 0 fully saturated rings. The number of hydrogen-bond acceptors (Lipinski definition) is 3. The van der Waals surface area contributed by atoms with Crippen molar-refractivity contribution < 1.29 is 9.13 Å². The van der Waals surface area contributed by atoms with Crippen molar-refractivity contribution in [3.8, 4) is 5.75 Å². The highest BCUT2D eigenvalue weighted by molar-refractivity contribution is 6.32. The Balaban J connectivity index is 2.42. The molecule has 0 saturated carbocycles. The monoisotopic (exact) mass is 288 g/mol. The van der Waals surface area contributed by atoms with Crippen molar-refractivity contribution in [3.63, 3.8) is 0 Å². The van der Waals surface area contributed by atoms with Gasteiger partial charge in [-0.05, 0) is 31.0 Å². The van der Waals surface area contributed by atoms with E-state index in [0.29, 0.717) is 31.4 Å². The molecule has 0 aliphatic rings. The van der Waals surface area contributed by atoms with Gasteiger partial charge in [-0.25, -0.2) is 4.39 Å². The first-order valence-corrected chi connectivity index (χ1v) is 6.80. The lowest BCUT2D eigenvalue weighted by Crippen LogP contribution is -2.53. The van der Waals surface area contributed by atoms with Crippen molar-refractivity contribution >= 4 is 11.6 Å². The third-order valence-electron chi connectivity index (χ3n) is 3.48. The van der Waals surface area contributed by atoms with Crippen LogP contribution in [0, 0.1) is 11.7 Å². The number of hydrogen-bond donors (Lipinski definition) is 2. The van der Waals surface area contributed by atoms with E-state index in [1.54, 1.807) is 0 Å². The molecule has 5 heteroatoms. The second kappa shape index (κ2) is 7.08. The van der Waals surface area contributed by atoms with Gasteiger partial charge < -0.3 is 15.8 Å². The van der Waals surface area contributed by atoms with Crippen molar-refractivity contribution in [2.75, 3.05) is 19.7 Å². The summed E-state index contributed by atoms with van der Waals surface area (Å²) in [5, 5.41) is 3.66. The molecule has 0 radical (unpaired) electrons. The molecule has 19 heavy (non-hydrogen) atoms. The lowest BCUT2D eigenvalue weighted by atomic mass is 9.88. The fourth-order valence-corrected chi connectivity index (χ4v) is 1.82. The van der Waals surface area contributed by atoms with Crippen molar-refractivity contribution in [1.82, 2.24) is 5.32 Å². The van der Waals surface area contributed by atoms with Gasteiger partial charge >= 0.3 is 0 Å². The van der Waals surface area contributed by atoms with Crippen LogP contribution < -0.4 is 15.8 Å². The van der Waals surface area contributed by atoms with Gasteiger partial charge in [0.25, 0.3) is 0 Å². The van der Waals surface area contributed by atoms with Gasteiger partial charge in [-0.2, -0.15) is 0 Å². The summed E-state index contributed by atoms with van der Waals surface area (Å²) in [7, 11) is 0. The maximum atomic E-state index is 12.9. The molecule has 1 unspecified atom stereocenters. The molecular weight excluding hydrogens is 267 g/mol. The predicted octanol–water partition coefficient (Wildman–Crippen LogP) is 2.82. The van der Waals surface area contributed by atoms with Crippen LogP contribution in [0.1, 0.15) is 20.8 Å². The Morgan fingerprint density at radius 1 is 1.47 bits per heavy atom. The molecule has 0 aliphatic heterocycles. The van der Waals surface area contributed by atoms with E-state index < -0.39 is 0 Å². The van der Waals surface area contributed by atoms with E-state index in [1.807, 2.05) is 0 Å². The van der Waals surface area contributed by atoms with Gasteiger partial charge in [0.15, 0.2) is 0 Å². The third-order valence-corrected chi connectivity index (χ3v) is 3.78. The quantitative estimate of drug-likeness (QED) is 0.759. The second-order valence-corrected chi connectivity index (χ2v) is 5.53. The first-order chi connectivity index (χ1) is 8.89. The molecular formula is C14H22ClFN2O. The molecule has 0 heterocycles. The number of ether oxygens (including phenoxy) is 1. The van der Waals surface area contributed by atoms with Crippen molar-refractivity contribution in [2.24, 2.45) is 11.7 Å². The van der Waals surface area contributed by atoms with Gasteiger partial charge in [-0.3, -0.25) is 0 Å². The number of nitrogens with one attached hydrogen (secondary N) is 1. The SMILES string of the molecule is CC(C)C(C)(CN)NCCOc1ccc(F)cc1Cl. The van der Waals surface area contributed by atoms with Crippen LogP contribution in [0.25, 0.3) is 0 Å². The maximum absolute atomic E-state index is 12.9. The van der Waals surface area contributed by atoms with Crippen molar-refractivity contribution in [1.29, 1.82) is 0 Å². The van der Waals surface area contributed by atoms with Crippen LogP contribution in [0.3, 0.4) is 0 Å². The summed E-state index contributed by atoms with van der Waals surface area (Å²) in [6.07, 6.45) is 0. The van der Waals surface area contributed by atoms with Crippen LogP contribution in [0.15, 0.2) is 18.2 Å². The van der Waals surface area contributed by atoms with Gasteiger partial charge in [0.05, 0.1) is 5.02 Å². The molecule has 0 amide bonds. The Morgan fingerprint density at radius 2 is 2.16 bits per heavy atom. The fourth-order valence-electron chi connectivity index (χ4n) is 1.60. The highest BCUT2D eigenvalue weighted by atomic mass is 35.5. The number of nitrogens with two attached hydrogens (primary N) is 1. The summed E-state index contributed by atoms with van der Waals surface area (Å²) in [6, 6.07) is 4.09. The third kappa shape index (κ3) is 4.64. The molecule has 3 N–H and O–H groups in total. The zero-order chi connectivity index (χ0) is 14.5. The number of rotatable bonds is 7.